The predicted molar refractivity (Wildman–Crippen MR) is 130 cm³/mol. The molecule has 10 heteroatoms. The number of hydrogen-bond acceptors (Lipinski definition) is 6. The minimum Gasteiger partial charge on any atom is -0.497 e. The largest absolute Gasteiger partial charge is 0.586 e. The van der Waals surface area contributed by atoms with Crippen molar-refractivity contribution in [1.29, 1.82) is 0 Å². The van der Waals surface area contributed by atoms with Crippen LogP contribution in [0, 0.1) is 11.8 Å². The second kappa shape index (κ2) is 9.03. The van der Waals surface area contributed by atoms with Crippen LogP contribution in [0.15, 0.2) is 36.4 Å². The lowest BCUT2D eigenvalue weighted by atomic mass is 9.77. The van der Waals surface area contributed by atoms with E-state index in [1.165, 1.54) is 12.1 Å². The van der Waals surface area contributed by atoms with E-state index in [9.17, 15) is 23.5 Å². The highest BCUT2D eigenvalue weighted by Gasteiger charge is 2.53. The summed E-state index contributed by atoms with van der Waals surface area (Å²) < 4.78 is 47.9. The molecular formula is C28H29F2NO7. The summed E-state index contributed by atoms with van der Waals surface area (Å²) in [4.78, 5) is 25.1. The number of amides is 1. The number of carbonyl (C=O) groups is 2. The molecule has 0 aromatic heterocycles. The minimum atomic E-state index is -3.72. The van der Waals surface area contributed by atoms with Gasteiger partial charge in [-0.1, -0.05) is 6.07 Å². The monoisotopic (exact) mass is 529 g/mol. The normalized spacial score (nSPS) is 28.0. The first-order chi connectivity index (χ1) is 18.2. The molecule has 202 valence electrons. The van der Waals surface area contributed by atoms with Crippen molar-refractivity contribution in [3.63, 3.8) is 0 Å². The molecule has 0 radical (unpaired) electrons. The van der Waals surface area contributed by atoms with E-state index in [0.29, 0.717) is 49.2 Å². The first kappa shape index (κ1) is 24.8. The number of carbonyl (C=O) groups excluding carboxylic acids is 1. The van der Waals surface area contributed by atoms with E-state index in [2.05, 4.69) is 14.8 Å². The van der Waals surface area contributed by atoms with Gasteiger partial charge in [-0.25, -0.2) is 0 Å². The van der Waals surface area contributed by atoms with Gasteiger partial charge in [0.15, 0.2) is 11.5 Å². The van der Waals surface area contributed by atoms with Gasteiger partial charge in [0.1, 0.15) is 17.6 Å². The van der Waals surface area contributed by atoms with Gasteiger partial charge in [0, 0.05) is 18.1 Å². The maximum atomic E-state index is 13.7. The molecule has 2 N–H and O–H groups in total. The number of fused-ring (bicyclic) bond motifs is 2. The summed E-state index contributed by atoms with van der Waals surface area (Å²) in [5.74, 6) is 0.0697. The van der Waals surface area contributed by atoms with Crippen molar-refractivity contribution >= 4 is 11.9 Å². The SMILES string of the molecule is COc1ccc2c(c1)O[C@@H](C1CCC(C(=O)O)CC1)C[C@H]2NC(=O)C1(c2ccc3c(c2)OC(F)(F)O3)CC1. The zero-order valence-corrected chi connectivity index (χ0v) is 20.9. The molecule has 2 aliphatic carbocycles. The number of methoxy groups -OCH3 is 1. The number of nitrogens with one attached hydrogen (secondary N) is 1. The van der Waals surface area contributed by atoms with Crippen LogP contribution in [0.3, 0.4) is 0 Å². The van der Waals surface area contributed by atoms with Gasteiger partial charge in [-0.2, -0.15) is 0 Å². The summed E-state index contributed by atoms with van der Waals surface area (Å²) in [5.41, 5.74) is 0.632. The zero-order valence-electron chi connectivity index (χ0n) is 20.9. The van der Waals surface area contributed by atoms with Crippen LogP contribution in [0.2, 0.25) is 0 Å². The van der Waals surface area contributed by atoms with Crippen LogP contribution >= 0.6 is 0 Å². The Balaban J connectivity index is 1.23. The lowest BCUT2D eigenvalue weighted by Crippen LogP contribution is -2.43. The van der Waals surface area contributed by atoms with E-state index in [1.807, 2.05) is 18.2 Å². The number of halogens is 2. The summed E-state index contributed by atoms with van der Waals surface area (Å²) in [6.45, 7) is 0. The molecule has 0 unspecified atom stereocenters. The number of ether oxygens (including phenoxy) is 4. The molecule has 0 bridgehead atoms. The highest BCUT2D eigenvalue weighted by atomic mass is 19.3. The Bertz CT molecular complexity index is 1270. The molecular weight excluding hydrogens is 500 g/mol. The number of hydrogen-bond donors (Lipinski definition) is 2. The van der Waals surface area contributed by atoms with Crippen molar-refractivity contribution in [3.05, 3.63) is 47.5 Å². The lowest BCUT2D eigenvalue weighted by molar-refractivity contribution is -0.286. The second-order valence-corrected chi connectivity index (χ2v) is 10.7. The maximum Gasteiger partial charge on any atom is 0.586 e. The van der Waals surface area contributed by atoms with E-state index in [4.69, 9.17) is 9.47 Å². The molecule has 4 aliphatic rings. The first-order valence-electron chi connectivity index (χ1n) is 13.0. The van der Waals surface area contributed by atoms with Crippen LogP contribution in [-0.4, -0.2) is 36.5 Å². The van der Waals surface area contributed by atoms with Crippen LogP contribution in [0.1, 0.15) is 62.1 Å². The molecule has 2 saturated carbocycles. The Labute approximate surface area is 218 Å². The Morgan fingerprint density at radius 1 is 1.00 bits per heavy atom. The van der Waals surface area contributed by atoms with Crippen molar-refractivity contribution in [2.45, 2.75) is 68.8 Å². The summed E-state index contributed by atoms with van der Waals surface area (Å²) in [7, 11) is 1.58. The van der Waals surface area contributed by atoms with E-state index in [-0.39, 0.29) is 41.4 Å². The van der Waals surface area contributed by atoms with Crippen molar-refractivity contribution in [2.75, 3.05) is 7.11 Å². The molecule has 1 amide bonds. The van der Waals surface area contributed by atoms with Crippen LogP contribution in [0.25, 0.3) is 0 Å². The molecule has 2 heterocycles. The van der Waals surface area contributed by atoms with Crippen LogP contribution < -0.4 is 24.3 Å². The van der Waals surface area contributed by atoms with E-state index in [1.54, 1.807) is 13.2 Å². The Morgan fingerprint density at radius 3 is 2.42 bits per heavy atom. The van der Waals surface area contributed by atoms with E-state index in [0.717, 1.165) is 18.4 Å². The summed E-state index contributed by atoms with van der Waals surface area (Å²) in [5, 5.41) is 12.6. The average Bonchev–Trinajstić information content (AvgIpc) is 3.65. The van der Waals surface area contributed by atoms with Crippen molar-refractivity contribution in [2.24, 2.45) is 11.8 Å². The number of benzene rings is 2. The summed E-state index contributed by atoms with van der Waals surface area (Å²) in [6.07, 6.45) is 0.537. The Hall–Kier alpha value is -3.56. The van der Waals surface area contributed by atoms with Crippen LogP contribution in [0.4, 0.5) is 8.78 Å². The topological polar surface area (TPSA) is 103 Å². The number of rotatable bonds is 6. The molecule has 2 aromatic rings. The van der Waals surface area contributed by atoms with Crippen LogP contribution in [-0.2, 0) is 15.0 Å². The fraction of sp³-hybridized carbons (Fsp3) is 0.500. The highest BCUT2D eigenvalue weighted by molar-refractivity contribution is 5.92. The standard InChI is InChI=1S/C28H29F2NO7/c1-35-18-7-8-19-20(14-22(36-23(19)13-18)15-2-4-16(5-3-15)25(32)33)31-26(34)27(10-11-27)17-6-9-21-24(12-17)38-28(29,30)37-21/h6-9,12-13,15-16,20,22H,2-5,10-11,14H2,1H3,(H,31,34)(H,32,33)/t15?,16?,20-,22-/m1/s1. The van der Waals surface area contributed by atoms with Crippen molar-refractivity contribution in [3.8, 4) is 23.0 Å². The van der Waals surface area contributed by atoms with Gasteiger partial charge in [0.05, 0.1) is 24.5 Å². The molecule has 0 saturated heterocycles. The third-order valence-corrected chi connectivity index (χ3v) is 8.43. The van der Waals surface area contributed by atoms with Crippen molar-refractivity contribution in [1.82, 2.24) is 5.32 Å². The molecule has 0 spiro atoms. The quantitative estimate of drug-likeness (QED) is 0.546. The first-order valence-corrected chi connectivity index (χ1v) is 13.0. The van der Waals surface area contributed by atoms with Crippen molar-refractivity contribution < 1.29 is 42.4 Å². The smallest absolute Gasteiger partial charge is 0.497 e. The molecule has 2 aliphatic heterocycles. The van der Waals surface area contributed by atoms with Crippen LogP contribution in [0.5, 0.6) is 23.0 Å². The molecule has 2 aromatic carbocycles. The van der Waals surface area contributed by atoms with Gasteiger partial charge in [0.2, 0.25) is 5.91 Å². The molecule has 6 rings (SSSR count). The molecule has 38 heavy (non-hydrogen) atoms. The maximum absolute atomic E-state index is 13.7. The number of carboxylic acids is 1. The van der Waals surface area contributed by atoms with Gasteiger partial charge in [-0.05, 0) is 74.3 Å². The Kier molecular flexibility index (Phi) is 5.88. The van der Waals surface area contributed by atoms with Gasteiger partial charge in [-0.3, -0.25) is 9.59 Å². The molecule has 2 fully saturated rings. The number of carboxylic acid groups (broad SMARTS) is 1. The minimum absolute atomic E-state index is 0.0530. The third kappa shape index (κ3) is 4.39. The molecule has 8 nitrogen and oxygen atoms in total. The van der Waals surface area contributed by atoms with Gasteiger partial charge >= 0.3 is 12.3 Å². The fourth-order valence-electron chi connectivity index (χ4n) is 6.08. The van der Waals surface area contributed by atoms with Gasteiger partial charge < -0.3 is 29.4 Å². The average molecular weight is 530 g/mol. The zero-order chi connectivity index (χ0) is 26.7. The molecule has 2 atom stereocenters. The van der Waals surface area contributed by atoms with Gasteiger partial charge in [0.25, 0.3) is 0 Å². The van der Waals surface area contributed by atoms with E-state index < -0.39 is 17.7 Å². The second-order valence-electron chi connectivity index (χ2n) is 10.7. The Morgan fingerprint density at radius 2 is 1.74 bits per heavy atom. The lowest BCUT2D eigenvalue weighted by Gasteiger charge is -2.39. The predicted octanol–water partition coefficient (Wildman–Crippen LogP) is 4.95. The third-order valence-electron chi connectivity index (χ3n) is 8.43. The fourth-order valence-corrected chi connectivity index (χ4v) is 6.08. The van der Waals surface area contributed by atoms with E-state index >= 15 is 0 Å². The summed E-state index contributed by atoms with van der Waals surface area (Å²) in [6, 6.07) is 9.73. The summed E-state index contributed by atoms with van der Waals surface area (Å²) >= 11 is 0. The highest BCUT2D eigenvalue weighted by Crippen LogP contribution is 2.53. The number of alkyl halides is 2. The van der Waals surface area contributed by atoms with Gasteiger partial charge in [-0.15, -0.1) is 8.78 Å². The number of aliphatic carboxylic acids is 1.